The minimum atomic E-state index is -0.571. The largest absolute Gasteiger partial charge is 0.494 e. The number of rotatable bonds is 26. The van der Waals surface area contributed by atoms with Crippen LogP contribution in [-0.2, 0) is 9.53 Å². The summed E-state index contributed by atoms with van der Waals surface area (Å²) in [5.74, 6) is 1.09. The van der Waals surface area contributed by atoms with Crippen LogP contribution in [0.3, 0.4) is 0 Å². The maximum absolute atomic E-state index is 12.6. The molecule has 10 nitrogen and oxygen atoms in total. The number of ether oxygens (including phenoxy) is 3. The quantitative estimate of drug-likeness (QED) is 0.0120. The standard InChI is InChI=1S/C46H54N4O6/c1-3-4-5-14-33-54-43-29-21-39(22-30-43)38-19-17-37(18-20-38)36-45(47-2)46(51)56-35-16-13-11-9-7-6-8-10-12-15-34-55-44-31-25-41(26-32-44)49-48-40-23-27-42(28-24-40)50(52)53/h17-32,36H,3-16,33-35H2,1H3. The van der Waals surface area contributed by atoms with Crippen LogP contribution in [0.1, 0.15) is 102 Å². The predicted molar refractivity (Wildman–Crippen MR) is 222 cm³/mol. The molecule has 0 saturated carbocycles. The number of non-ortho nitro benzene ring substituents is 1. The van der Waals surface area contributed by atoms with Gasteiger partial charge in [0.1, 0.15) is 11.5 Å². The second-order valence-electron chi connectivity index (χ2n) is 13.7. The van der Waals surface area contributed by atoms with Crippen LogP contribution in [0.5, 0.6) is 11.5 Å². The van der Waals surface area contributed by atoms with E-state index in [1.807, 2.05) is 72.8 Å². The Balaban J connectivity index is 0.988. The van der Waals surface area contributed by atoms with Crippen molar-refractivity contribution < 1.29 is 23.9 Å². The normalized spacial score (nSPS) is 11.3. The molecule has 0 amide bonds. The smallest absolute Gasteiger partial charge is 0.336 e. The third kappa shape index (κ3) is 16.3. The molecule has 56 heavy (non-hydrogen) atoms. The first-order valence-corrected chi connectivity index (χ1v) is 19.9. The number of hydrogen-bond donors (Lipinski definition) is 0. The van der Waals surface area contributed by atoms with E-state index in [0.29, 0.717) is 24.6 Å². The Bertz CT molecular complexity index is 1850. The zero-order chi connectivity index (χ0) is 39.6. The van der Waals surface area contributed by atoms with Crippen LogP contribution < -0.4 is 9.47 Å². The molecular weight excluding hydrogens is 705 g/mol. The molecular formula is C46H54N4O6. The number of nitro benzene ring substituents is 1. The molecule has 4 aromatic carbocycles. The lowest BCUT2D eigenvalue weighted by molar-refractivity contribution is -0.384. The summed E-state index contributed by atoms with van der Waals surface area (Å²) in [5, 5.41) is 19.1. The highest BCUT2D eigenvalue weighted by Gasteiger charge is 2.12. The molecule has 0 aliphatic carbocycles. The van der Waals surface area contributed by atoms with E-state index in [4.69, 9.17) is 20.8 Å². The van der Waals surface area contributed by atoms with Gasteiger partial charge in [0.15, 0.2) is 0 Å². The van der Waals surface area contributed by atoms with Gasteiger partial charge in [0.25, 0.3) is 11.4 Å². The Morgan fingerprint density at radius 3 is 1.54 bits per heavy atom. The first-order valence-electron chi connectivity index (χ1n) is 19.9. The Morgan fingerprint density at radius 1 is 0.625 bits per heavy atom. The summed E-state index contributed by atoms with van der Waals surface area (Å²) in [4.78, 5) is 26.3. The lowest BCUT2D eigenvalue weighted by Gasteiger charge is -2.08. The second-order valence-corrected chi connectivity index (χ2v) is 13.7. The average molecular weight is 759 g/mol. The van der Waals surface area contributed by atoms with Crippen molar-refractivity contribution in [1.29, 1.82) is 0 Å². The molecule has 10 heteroatoms. The SMILES string of the molecule is [C-]#[N+]C(=Cc1ccc(-c2ccc(OCCCCCC)cc2)cc1)C(=O)OCCCCCCCCCCCCOc1ccc(N=Nc2ccc([N+](=O)[O-])cc2)cc1. The monoisotopic (exact) mass is 758 g/mol. The first-order chi connectivity index (χ1) is 27.4. The van der Waals surface area contributed by atoms with Crippen molar-refractivity contribution in [3.8, 4) is 22.6 Å². The van der Waals surface area contributed by atoms with E-state index in [1.165, 1.54) is 63.5 Å². The second kappa shape index (κ2) is 25.3. The maximum atomic E-state index is 12.6. The van der Waals surface area contributed by atoms with Gasteiger partial charge in [0.05, 0.1) is 42.7 Å². The van der Waals surface area contributed by atoms with Crippen molar-refractivity contribution in [2.75, 3.05) is 19.8 Å². The number of nitrogens with zero attached hydrogens (tertiary/aromatic N) is 4. The number of nitro groups is 1. The van der Waals surface area contributed by atoms with Gasteiger partial charge in [-0.3, -0.25) is 14.9 Å². The van der Waals surface area contributed by atoms with Gasteiger partial charge in [-0.1, -0.05) is 114 Å². The van der Waals surface area contributed by atoms with Gasteiger partial charge < -0.3 is 14.2 Å². The summed E-state index contributed by atoms with van der Waals surface area (Å²) in [7, 11) is 0. The molecule has 0 aliphatic rings. The molecule has 0 unspecified atom stereocenters. The van der Waals surface area contributed by atoms with E-state index in [-0.39, 0.29) is 11.4 Å². The molecule has 294 valence electrons. The number of carbonyl (C=O) groups is 1. The highest BCUT2D eigenvalue weighted by molar-refractivity contribution is 5.95. The van der Waals surface area contributed by atoms with Crippen LogP contribution >= 0.6 is 0 Å². The lowest BCUT2D eigenvalue weighted by atomic mass is 10.0. The first kappa shape index (κ1) is 42.9. The van der Waals surface area contributed by atoms with Gasteiger partial charge in [-0.2, -0.15) is 10.2 Å². The lowest BCUT2D eigenvalue weighted by Crippen LogP contribution is -2.07. The molecule has 0 radical (unpaired) electrons. The Hall–Kier alpha value is -5.82. The number of unbranched alkanes of at least 4 members (excludes halogenated alkanes) is 12. The fourth-order valence-corrected chi connectivity index (χ4v) is 5.94. The van der Waals surface area contributed by atoms with E-state index in [2.05, 4.69) is 22.0 Å². The van der Waals surface area contributed by atoms with Crippen LogP contribution in [0.2, 0.25) is 0 Å². The van der Waals surface area contributed by atoms with Crippen LogP contribution in [-0.4, -0.2) is 30.7 Å². The summed E-state index contributed by atoms with van der Waals surface area (Å²) in [6.45, 7) is 11.4. The minimum absolute atomic E-state index is 0.0121. The van der Waals surface area contributed by atoms with Crippen molar-refractivity contribution >= 4 is 29.1 Å². The molecule has 0 fully saturated rings. The van der Waals surface area contributed by atoms with Crippen LogP contribution in [0.25, 0.3) is 22.0 Å². The van der Waals surface area contributed by atoms with Gasteiger partial charge in [0.2, 0.25) is 0 Å². The molecule has 0 atom stereocenters. The van der Waals surface area contributed by atoms with Gasteiger partial charge in [-0.15, -0.1) is 0 Å². The van der Waals surface area contributed by atoms with Crippen molar-refractivity contribution in [1.82, 2.24) is 0 Å². The highest BCUT2D eigenvalue weighted by Crippen LogP contribution is 2.25. The Kier molecular flexibility index (Phi) is 19.4. The van der Waals surface area contributed by atoms with Crippen molar-refractivity contribution in [2.24, 2.45) is 10.2 Å². The summed E-state index contributed by atoms with van der Waals surface area (Å²) >= 11 is 0. The Morgan fingerprint density at radius 2 is 1.05 bits per heavy atom. The van der Waals surface area contributed by atoms with E-state index in [1.54, 1.807) is 18.2 Å². The van der Waals surface area contributed by atoms with E-state index < -0.39 is 10.9 Å². The fourth-order valence-electron chi connectivity index (χ4n) is 5.94. The molecule has 0 spiro atoms. The van der Waals surface area contributed by atoms with Gasteiger partial charge in [-0.25, -0.2) is 4.85 Å². The predicted octanol–water partition coefficient (Wildman–Crippen LogP) is 13.4. The van der Waals surface area contributed by atoms with E-state index >= 15 is 0 Å². The number of hydrogen-bond acceptors (Lipinski definition) is 8. The van der Waals surface area contributed by atoms with Gasteiger partial charge in [-0.05, 0) is 90.6 Å². The third-order valence-electron chi connectivity index (χ3n) is 9.22. The number of esters is 1. The Labute approximate surface area is 331 Å². The molecule has 0 aliphatic heterocycles. The van der Waals surface area contributed by atoms with E-state index in [0.717, 1.165) is 73.3 Å². The van der Waals surface area contributed by atoms with Crippen LogP contribution in [0.4, 0.5) is 17.1 Å². The minimum Gasteiger partial charge on any atom is -0.494 e. The molecule has 0 saturated heterocycles. The molecule has 4 rings (SSSR count). The molecule has 0 bridgehead atoms. The zero-order valence-corrected chi connectivity index (χ0v) is 32.6. The summed E-state index contributed by atoms with van der Waals surface area (Å²) in [5.41, 5.74) is 4.14. The van der Waals surface area contributed by atoms with Crippen molar-refractivity contribution in [3.05, 3.63) is 130 Å². The number of benzene rings is 4. The fraction of sp³-hybridized carbons (Fsp3) is 0.391. The van der Waals surface area contributed by atoms with Crippen molar-refractivity contribution in [3.63, 3.8) is 0 Å². The average Bonchev–Trinajstić information content (AvgIpc) is 3.23. The van der Waals surface area contributed by atoms with Crippen LogP contribution in [0, 0.1) is 16.7 Å². The van der Waals surface area contributed by atoms with Gasteiger partial charge >= 0.3 is 5.97 Å². The number of carbonyl (C=O) groups excluding carboxylic acids is 1. The molecule has 4 aromatic rings. The van der Waals surface area contributed by atoms with Crippen LogP contribution in [0.15, 0.2) is 113 Å². The highest BCUT2D eigenvalue weighted by atomic mass is 16.6. The topological polar surface area (TPSA) is 117 Å². The summed E-state index contributed by atoms with van der Waals surface area (Å²) < 4.78 is 17.1. The van der Waals surface area contributed by atoms with Crippen molar-refractivity contribution in [2.45, 2.75) is 96.8 Å². The molecule has 0 N–H and O–H groups in total. The maximum Gasteiger partial charge on any atom is 0.336 e. The van der Waals surface area contributed by atoms with Gasteiger partial charge in [0, 0.05) is 12.1 Å². The number of azo groups is 1. The third-order valence-corrected chi connectivity index (χ3v) is 9.22. The molecule has 0 heterocycles. The zero-order valence-electron chi connectivity index (χ0n) is 32.6. The summed E-state index contributed by atoms with van der Waals surface area (Å²) in [6, 6.07) is 29.2. The summed E-state index contributed by atoms with van der Waals surface area (Å²) in [6.07, 6.45) is 17.3. The molecule has 0 aromatic heterocycles. The van der Waals surface area contributed by atoms with E-state index in [9.17, 15) is 14.9 Å².